The van der Waals surface area contributed by atoms with E-state index in [1.807, 2.05) is 0 Å². The molecule has 8 atom stereocenters. The van der Waals surface area contributed by atoms with E-state index in [1.165, 1.54) is 31.7 Å². The quantitative estimate of drug-likeness (QED) is 0.534. The number of hydrogen-bond acceptors (Lipinski definition) is 0. The molecule has 0 radical (unpaired) electrons. The fourth-order valence-electron chi connectivity index (χ4n) is 12.6. The van der Waals surface area contributed by atoms with Crippen LogP contribution in [0, 0.1) is 35.5 Å². The third-order valence-corrected chi connectivity index (χ3v) is 12.9. The highest BCUT2D eigenvalue weighted by molar-refractivity contribution is 6.76. The molecule has 172 valence electrons. The average molecular weight is 438 g/mol. The van der Waals surface area contributed by atoms with E-state index in [9.17, 15) is 0 Å². The van der Waals surface area contributed by atoms with Gasteiger partial charge in [0.25, 0.3) is 12.6 Å². The second-order valence-corrected chi connectivity index (χ2v) is 14.1. The van der Waals surface area contributed by atoms with Crippen molar-refractivity contribution in [1.82, 2.24) is 0 Å². The molecular formula is C29H40B2N2. The smallest absolute Gasteiger partial charge is 0.281 e. The van der Waals surface area contributed by atoms with E-state index in [0.717, 1.165) is 47.1 Å². The lowest BCUT2D eigenvalue weighted by molar-refractivity contribution is -0.555. The summed E-state index contributed by atoms with van der Waals surface area (Å²) < 4.78 is 5.58. The number of pyridine rings is 2. The van der Waals surface area contributed by atoms with Gasteiger partial charge in [-0.2, -0.15) is 0 Å². The van der Waals surface area contributed by atoms with E-state index in [0.29, 0.717) is 0 Å². The molecule has 4 heteroatoms. The molecule has 6 aliphatic heterocycles. The second kappa shape index (κ2) is 6.98. The second-order valence-electron chi connectivity index (χ2n) is 14.1. The molecule has 2 aromatic rings. The van der Waals surface area contributed by atoms with Crippen LogP contribution in [0.1, 0.15) is 44.9 Å². The van der Waals surface area contributed by atoms with Crippen LogP contribution in [0.15, 0.2) is 61.2 Å². The van der Waals surface area contributed by atoms with Crippen LogP contribution >= 0.6 is 0 Å². The third kappa shape index (κ3) is 2.76. The summed E-state index contributed by atoms with van der Waals surface area (Å²) in [6.45, 7) is 0. The molecule has 2 aromatic heterocycles. The molecule has 6 saturated heterocycles. The van der Waals surface area contributed by atoms with Gasteiger partial charge in [0.1, 0.15) is 24.8 Å². The highest BCUT2D eigenvalue weighted by Crippen LogP contribution is 2.66. The molecule has 0 aromatic carbocycles. The summed E-state index contributed by atoms with van der Waals surface area (Å²) in [6, 6.07) is 13.7. The van der Waals surface area contributed by atoms with E-state index < -0.39 is 12.6 Å². The largest absolute Gasteiger partial charge is 0.427 e. The summed E-state index contributed by atoms with van der Waals surface area (Å²) in [5.41, 5.74) is 0. The highest BCUT2D eigenvalue weighted by atomic mass is 14.9. The van der Waals surface area contributed by atoms with Crippen LogP contribution in [-0.4, -0.2) is 12.6 Å². The Morgan fingerprint density at radius 2 is 0.848 bits per heavy atom. The predicted molar refractivity (Wildman–Crippen MR) is 136 cm³/mol. The van der Waals surface area contributed by atoms with Gasteiger partial charge < -0.3 is 8.96 Å². The van der Waals surface area contributed by atoms with E-state index in [1.54, 1.807) is 38.5 Å². The number of rotatable bonds is 4. The molecule has 8 heterocycles. The molecular weight excluding hydrogens is 398 g/mol. The normalized spacial score (nSPS) is 49.0. The van der Waals surface area contributed by atoms with E-state index in [4.69, 9.17) is 0 Å². The van der Waals surface area contributed by atoms with Gasteiger partial charge in [-0.3, -0.25) is 0 Å². The zero-order valence-corrected chi connectivity index (χ0v) is 20.2. The van der Waals surface area contributed by atoms with Crippen LogP contribution in [0.5, 0.6) is 0 Å². The predicted octanol–water partition coefficient (Wildman–Crippen LogP) is 5.80. The lowest BCUT2D eigenvalue weighted by Crippen LogP contribution is -2.76. The van der Waals surface area contributed by atoms with Gasteiger partial charge in [0.15, 0.2) is 0 Å². The minimum absolute atomic E-state index is 0.454. The average Bonchev–Trinajstić information content (AvgIpc) is 2.83. The highest BCUT2D eigenvalue weighted by Gasteiger charge is 2.64. The maximum Gasteiger partial charge on any atom is 0.281 e. The van der Waals surface area contributed by atoms with E-state index in [-0.39, 0.29) is 0 Å². The Bertz CT molecular complexity index is 931. The first kappa shape index (κ1) is 19.7. The Balaban J connectivity index is 1.22. The minimum atomic E-state index is -0.454. The Morgan fingerprint density at radius 1 is 0.485 bits per heavy atom. The minimum Gasteiger partial charge on any atom is -0.427 e. The number of nitrogens with zero attached hydrogens (tertiary/aromatic N) is 2. The van der Waals surface area contributed by atoms with Crippen molar-refractivity contribution in [2.45, 2.75) is 81.9 Å². The van der Waals surface area contributed by atoms with Gasteiger partial charge in [-0.25, -0.2) is 0 Å². The fourth-order valence-corrected chi connectivity index (χ4v) is 12.6. The first-order valence-electron chi connectivity index (χ1n) is 14.5. The molecule has 2 unspecified atom stereocenters. The topological polar surface area (TPSA) is 7.76 Å². The molecule has 0 spiro atoms. The van der Waals surface area contributed by atoms with Crippen molar-refractivity contribution in [2.75, 3.05) is 0 Å². The molecule has 8 bridgehead atoms. The van der Waals surface area contributed by atoms with Crippen molar-refractivity contribution < 1.29 is 8.96 Å². The molecule has 2 nitrogen and oxygen atoms in total. The van der Waals surface area contributed by atoms with Gasteiger partial charge >= 0.3 is 0 Å². The van der Waals surface area contributed by atoms with Gasteiger partial charge in [0.05, 0.1) is 0 Å². The van der Waals surface area contributed by atoms with Crippen molar-refractivity contribution >= 4 is 12.6 Å². The molecule has 8 fully saturated rings. The van der Waals surface area contributed by atoms with E-state index in [2.05, 4.69) is 70.1 Å². The Kier molecular flexibility index (Phi) is 4.17. The fraction of sp³-hybridized carbons (Fsp3) is 0.655. The van der Waals surface area contributed by atoms with Crippen molar-refractivity contribution in [3.63, 3.8) is 0 Å². The van der Waals surface area contributed by atoms with Crippen molar-refractivity contribution in [3.05, 3.63) is 61.2 Å². The Hall–Kier alpha value is -1.57. The SMILES string of the molecule is c1cc[n+]([B-]23C[C@@H]4CC(C[C@@H](C4)C2)[C@H]3C[C@H]2C3C[C@@H]4C[C@@H](C3)C[B-]2([n+]2ccccc2)C4)cc1. The first-order valence-corrected chi connectivity index (χ1v) is 14.5. The van der Waals surface area contributed by atoms with Gasteiger partial charge in [0.2, 0.25) is 0 Å². The lowest BCUT2D eigenvalue weighted by Gasteiger charge is -2.66. The van der Waals surface area contributed by atoms with Gasteiger partial charge in [0, 0.05) is 0 Å². The van der Waals surface area contributed by atoms with Gasteiger partial charge in [-0.15, -0.1) is 25.3 Å². The van der Waals surface area contributed by atoms with Gasteiger partial charge in [-0.05, 0) is 24.3 Å². The van der Waals surface area contributed by atoms with Crippen molar-refractivity contribution in [3.8, 4) is 0 Å². The molecule has 0 N–H and O–H groups in total. The lowest BCUT2D eigenvalue weighted by atomic mass is 9.09. The van der Waals surface area contributed by atoms with Crippen LogP contribution in [0.4, 0.5) is 0 Å². The third-order valence-electron chi connectivity index (χ3n) is 12.9. The summed E-state index contributed by atoms with van der Waals surface area (Å²) in [6.07, 6.45) is 25.9. The monoisotopic (exact) mass is 438 g/mol. The van der Waals surface area contributed by atoms with Crippen molar-refractivity contribution in [1.29, 1.82) is 0 Å². The molecule has 2 saturated carbocycles. The van der Waals surface area contributed by atoms with Crippen LogP contribution in [0.3, 0.4) is 0 Å². The molecule has 2 aliphatic carbocycles. The molecule has 8 aliphatic rings. The summed E-state index contributed by atoms with van der Waals surface area (Å²) in [5, 5.41) is 0. The zero-order chi connectivity index (χ0) is 21.6. The first-order chi connectivity index (χ1) is 16.2. The number of aromatic nitrogens is 2. The summed E-state index contributed by atoms with van der Waals surface area (Å²) in [7, 11) is 0. The van der Waals surface area contributed by atoms with Crippen LogP contribution in [0.25, 0.3) is 0 Å². The molecule has 10 rings (SSSR count). The van der Waals surface area contributed by atoms with Crippen LogP contribution in [-0.2, 0) is 0 Å². The van der Waals surface area contributed by atoms with Crippen molar-refractivity contribution in [2.24, 2.45) is 35.5 Å². The summed E-state index contributed by atoms with van der Waals surface area (Å²) in [4.78, 5) is 0. The molecule has 33 heavy (non-hydrogen) atoms. The zero-order valence-electron chi connectivity index (χ0n) is 20.2. The maximum atomic E-state index is 2.79. The number of hydrogen-bond donors (Lipinski definition) is 0. The summed E-state index contributed by atoms with van der Waals surface area (Å²) >= 11 is 0. The van der Waals surface area contributed by atoms with Crippen LogP contribution in [0.2, 0.25) is 36.9 Å². The van der Waals surface area contributed by atoms with Crippen LogP contribution < -0.4 is 8.96 Å². The Labute approximate surface area is 200 Å². The Morgan fingerprint density at radius 3 is 1.21 bits per heavy atom. The standard InChI is InChI=1S/C29H40B2N2/c1-3-7-32(8-4-1)30-18-22-11-23(19-30)14-26(13-22)28(30)17-29-27-15-24-12-25(16-27)21-31(29,20-24)33-9-5-2-6-10-33/h1-10,22-29H,11-21H2/t22-,23-,24-,25+,26?,27?,28-,29+,30?,31?/m0/s1. The maximum absolute atomic E-state index is 2.79. The van der Waals surface area contributed by atoms with Gasteiger partial charge in [-0.1, -0.05) is 104 Å². The summed E-state index contributed by atoms with van der Waals surface area (Å²) in [5.74, 6) is 8.01. The molecule has 0 amide bonds. The van der Waals surface area contributed by atoms with E-state index >= 15 is 0 Å².